The number of carbonyl (C=O) groups is 1. The molecule has 144 valence electrons. The molecule has 1 heterocycles. The number of allylic oxidation sites excluding steroid dienone is 1. The zero-order valence-electron chi connectivity index (χ0n) is 15.3. The number of hydrogen-bond donors (Lipinski definition) is 1. The van der Waals surface area contributed by atoms with Gasteiger partial charge in [-0.05, 0) is 24.1 Å². The highest BCUT2D eigenvalue weighted by atomic mass is 32.2. The van der Waals surface area contributed by atoms with Crippen molar-refractivity contribution in [1.29, 1.82) is 0 Å². The zero-order valence-corrected chi connectivity index (χ0v) is 16.2. The van der Waals surface area contributed by atoms with Crippen molar-refractivity contribution in [1.82, 2.24) is 14.8 Å². The molecule has 0 aliphatic rings. The number of para-hydroxylation sites is 1. The lowest BCUT2D eigenvalue weighted by Crippen LogP contribution is -2.15. The largest absolute Gasteiger partial charge is 0.323 e. The highest BCUT2D eigenvalue weighted by Gasteiger charge is 2.14. The van der Waals surface area contributed by atoms with Crippen molar-refractivity contribution >= 4 is 23.4 Å². The third kappa shape index (κ3) is 5.29. The average molecular weight is 396 g/mol. The monoisotopic (exact) mass is 396 g/mol. The summed E-state index contributed by atoms with van der Waals surface area (Å²) in [6.07, 6.45) is 3.38. The summed E-state index contributed by atoms with van der Waals surface area (Å²) in [7, 11) is 0. The van der Waals surface area contributed by atoms with Crippen LogP contribution in [-0.2, 0) is 24.2 Å². The number of rotatable bonds is 9. The van der Waals surface area contributed by atoms with Crippen LogP contribution in [0.2, 0.25) is 0 Å². The van der Waals surface area contributed by atoms with Crippen LogP contribution in [0.4, 0.5) is 10.1 Å². The number of amides is 1. The molecule has 2 aromatic carbocycles. The Labute approximate surface area is 167 Å². The molecule has 7 heteroatoms. The smallest absolute Gasteiger partial charge is 0.234 e. The molecule has 0 aliphatic carbocycles. The van der Waals surface area contributed by atoms with E-state index >= 15 is 0 Å². The molecule has 3 aromatic rings. The van der Waals surface area contributed by atoms with Gasteiger partial charge >= 0.3 is 0 Å². The van der Waals surface area contributed by atoms with E-state index in [-0.39, 0.29) is 17.3 Å². The number of halogens is 1. The minimum Gasteiger partial charge on any atom is -0.323 e. The Morgan fingerprint density at radius 1 is 1.11 bits per heavy atom. The zero-order chi connectivity index (χ0) is 19.8. The van der Waals surface area contributed by atoms with E-state index in [2.05, 4.69) is 34.2 Å². The fourth-order valence-electron chi connectivity index (χ4n) is 2.70. The average Bonchev–Trinajstić information content (AvgIpc) is 3.09. The summed E-state index contributed by atoms with van der Waals surface area (Å²) in [6.45, 7) is 4.35. The third-order valence-electron chi connectivity index (χ3n) is 4.07. The van der Waals surface area contributed by atoms with E-state index in [4.69, 9.17) is 0 Å². The van der Waals surface area contributed by atoms with Crippen LogP contribution in [0, 0.1) is 5.82 Å². The van der Waals surface area contributed by atoms with Crippen molar-refractivity contribution in [2.75, 3.05) is 11.1 Å². The van der Waals surface area contributed by atoms with Crippen LogP contribution in [0.15, 0.2) is 72.4 Å². The molecular formula is C21H21FN4OS. The maximum Gasteiger partial charge on any atom is 0.234 e. The molecule has 1 N–H and O–H groups in total. The van der Waals surface area contributed by atoms with Gasteiger partial charge in [0.05, 0.1) is 11.4 Å². The highest BCUT2D eigenvalue weighted by Crippen LogP contribution is 2.19. The first-order valence-electron chi connectivity index (χ1n) is 8.91. The highest BCUT2D eigenvalue weighted by molar-refractivity contribution is 7.99. The van der Waals surface area contributed by atoms with E-state index in [1.54, 1.807) is 18.2 Å². The molecule has 0 fully saturated rings. The van der Waals surface area contributed by atoms with Crippen molar-refractivity contribution < 1.29 is 9.18 Å². The first-order chi connectivity index (χ1) is 13.7. The van der Waals surface area contributed by atoms with Gasteiger partial charge in [-0.3, -0.25) is 4.79 Å². The van der Waals surface area contributed by atoms with Gasteiger partial charge < -0.3 is 9.88 Å². The molecule has 0 spiro atoms. The number of hydrogen-bond acceptors (Lipinski definition) is 4. The lowest BCUT2D eigenvalue weighted by molar-refractivity contribution is -0.113. The minimum atomic E-state index is -0.459. The lowest BCUT2D eigenvalue weighted by Gasteiger charge is -2.08. The molecule has 28 heavy (non-hydrogen) atoms. The summed E-state index contributed by atoms with van der Waals surface area (Å²) in [4.78, 5) is 12.1. The van der Waals surface area contributed by atoms with E-state index in [1.165, 1.54) is 29.5 Å². The van der Waals surface area contributed by atoms with Crippen molar-refractivity contribution in [3.63, 3.8) is 0 Å². The second-order valence-electron chi connectivity index (χ2n) is 6.10. The molecule has 0 aliphatic heterocycles. The number of benzene rings is 2. The maximum atomic E-state index is 13.6. The molecule has 0 bridgehead atoms. The number of anilines is 1. The molecule has 5 nitrogen and oxygen atoms in total. The normalized spacial score (nSPS) is 10.6. The van der Waals surface area contributed by atoms with Crippen LogP contribution in [0.1, 0.15) is 11.4 Å². The number of aryl methyl sites for hydroxylation is 2. The topological polar surface area (TPSA) is 59.8 Å². The van der Waals surface area contributed by atoms with Gasteiger partial charge in [0, 0.05) is 13.0 Å². The Hall–Kier alpha value is -2.93. The van der Waals surface area contributed by atoms with E-state index < -0.39 is 5.82 Å². The molecule has 0 unspecified atom stereocenters. The molecule has 0 saturated heterocycles. The van der Waals surface area contributed by atoms with Crippen molar-refractivity contribution in [2.24, 2.45) is 0 Å². The molecule has 0 saturated carbocycles. The molecule has 0 radical (unpaired) electrons. The van der Waals surface area contributed by atoms with Gasteiger partial charge in [0.1, 0.15) is 11.6 Å². The summed E-state index contributed by atoms with van der Waals surface area (Å²) in [5.74, 6) is 0.205. The Bertz CT molecular complexity index is 943. The van der Waals surface area contributed by atoms with Crippen LogP contribution in [-0.4, -0.2) is 26.4 Å². The van der Waals surface area contributed by atoms with Crippen LogP contribution in [0.5, 0.6) is 0 Å². The number of thioether (sulfide) groups is 1. The van der Waals surface area contributed by atoms with Crippen LogP contribution in [0.3, 0.4) is 0 Å². The van der Waals surface area contributed by atoms with Crippen LogP contribution >= 0.6 is 11.8 Å². The van der Waals surface area contributed by atoms with Crippen LogP contribution in [0.25, 0.3) is 0 Å². The standard InChI is InChI=1S/C21H21FN4OS/c1-2-14-26-19(13-12-16-8-4-3-5-9-16)24-25-21(26)28-15-20(27)23-18-11-7-6-10-17(18)22/h2-11H,1,12-15H2,(H,23,27). The molecular weight excluding hydrogens is 375 g/mol. The second kappa shape index (κ2) is 9.85. The van der Waals surface area contributed by atoms with Gasteiger partial charge in [-0.2, -0.15) is 0 Å². The Morgan fingerprint density at radius 3 is 2.61 bits per heavy atom. The SMILES string of the molecule is C=CCn1c(CCc2ccccc2)nnc1SCC(=O)Nc1ccccc1F. The molecule has 1 amide bonds. The van der Waals surface area contributed by atoms with Crippen molar-refractivity contribution in [2.45, 2.75) is 24.5 Å². The fraction of sp³-hybridized carbons (Fsp3) is 0.190. The second-order valence-corrected chi connectivity index (χ2v) is 7.04. The van der Waals surface area contributed by atoms with E-state index in [0.717, 1.165) is 18.7 Å². The third-order valence-corrected chi connectivity index (χ3v) is 5.03. The number of nitrogens with zero attached hydrogens (tertiary/aromatic N) is 3. The minimum absolute atomic E-state index is 0.113. The molecule has 1 aromatic heterocycles. The predicted octanol–water partition coefficient (Wildman–Crippen LogP) is 4.12. The predicted molar refractivity (Wildman–Crippen MR) is 110 cm³/mol. The van der Waals surface area contributed by atoms with Crippen LogP contribution < -0.4 is 5.32 Å². The molecule has 3 rings (SSSR count). The van der Waals surface area contributed by atoms with E-state index in [0.29, 0.717) is 11.7 Å². The number of nitrogens with one attached hydrogen (secondary N) is 1. The van der Waals surface area contributed by atoms with Gasteiger partial charge in [0.15, 0.2) is 5.16 Å². The van der Waals surface area contributed by atoms with Gasteiger partial charge in [0.2, 0.25) is 5.91 Å². The first-order valence-corrected chi connectivity index (χ1v) is 9.90. The van der Waals surface area contributed by atoms with Gasteiger partial charge in [-0.1, -0.05) is 60.3 Å². The summed E-state index contributed by atoms with van der Waals surface area (Å²) < 4.78 is 15.6. The van der Waals surface area contributed by atoms with Gasteiger partial charge in [0.25, 0.3) is 0 Å². The fourth-order valence-corrected chi connectivity index (χ4v) is 3.47. The van der Waals surface area contributed by atoms with E-state index in [9.17, 15) is 9.18 Å². The Balaban J connectivity index is 1.61. The lowest BCUT2D eigenvalue weighted by atomic mass is 10.1. The number of carbonyl (C=O) groups excluding carboxylic acids is 1. The Kier molecular flexibility index (Phi) is 6.97. The van der Waals surface area contributed by atoms with Gasteiger partial charge in [-0.25, -0.2) is 4.39 Å². The Morgan fingerprint density at radius 2 is 1.86 bits per heavy atom. The quantitative estimate of drug-likeness (QED) is 0.437. The van der Waals surface area contributed by atoms with E-state index in [1.807, 2.05) is 22.8 Å². The summed E-state index contributed by atoms with van der Waals surface area (Å²) in [5.41, 5.74) is 1.40. The molecule has 0 atom stereocenters. The summed E-state index contributed by atoms with van der Waals surface area (Å²) >= 11 is 1.27. The van der Waals surface area contributed by atoms with Crippen molar-refractivity contribution in [3.05, 3.63) is 84.5 Å². The number of aromatic nitrogens is 3. The van der Waals surface area contributed by atoms with Crippen molar-refractivity contribution in [3.8, 4) is 0 Å². The first kappa shape index (κ1) is 19.8. The van der Waals surface area contributed by atoms with Gasteiger partial charge in [-0.15, -0.1) is 16.8 Å². The summed E-state index contributed by atoms with van der Waals surface area (Å²) in [5, 5.41) is 11.7. The summed E-state index contributed by atoms with van der Waals surface area (Å²) in [6, 6.07) is 16.3. The maximum absolute atomic E-state index is 13.6.